The van der Waals surface area contributed by atoms with Crippen LogP contribution in [0, 0.1) is 26.2 Å². The number of benzene rings is 1. The Bertz CT molecular complexity index is 464. The van der Waals surface area contributed by atoms with Crippen LogP contribution in [0.2, 0.25) is 0 Å². The molecule has 0 aliphatic rings. The Kier molecular flexibility index (Phi) is 10.9. The molecule has 22 heavy (non-hydrogen) atoms. The third-order valence-corrected chi connectivity index (χ3v) is 3.40. The van der Waals surface area contributed by atoms with Crippen LogP contribution in [0.3, 0.4) is 0 Å². The lowest BCUT2D eigenvalue weighted by atomic mass is 10.1. The first-order valence-corrected chi connectivity index (χ1v) is 8.01. The molecule has 1 amide bonds. The Balaban J connectivity index is 0.000000763. The minimum Gasteiger partial charge on any atom is -0.324 e. The van der Waals surface area contributed by atoms with Gasteiger partial charge in [-0.15, -0.1) is 12.3 Å². The molecule has 1 rings (SSSR count). The molecule has 1 N–H and O–H groups in total. The van der Waals surface area contributed by atoms with E-state index < -0.39 is 0 Å². The minimum atomic E-state index is 0.0612. The van der Waals surface area contributed by atoms with E-state index in [2.05, 4.69) is 36.9 Å². The summed E-state index contributed by atoms with van der Waals surface area (Å²) in [5.41, 5.74) is 3.17. The molecule has 0 aliphatic carbocycles. The van der Waals surface area contributed by atoms with E-state index in [1.165, 1.54) is 0 Å². The maximum atomic E-state index is 11.9. The van der Waals surface area contributed by atoms with Crippen molar-refractivity contribution < 1.29 is 4.79 Å². The van der Waals surface area contributed by atoms with Crippen molar-refractivity contribution in [3.63, 3.8) is 0 Å². The summed E-state index contributed by atoms with van der Waals surface area (Å²) in [7, 11) is 0. The normalized spacial score (nSPS) is 9.68. The van der Waals surface area contributed by atoms with Crippen molar-refractivity contribution in [3.05, 3.63) is 29.3 Å². The van der Waals surface area contributed by atoms with Crippen molar-refractivity contribution in [2.45, 2.75) is 47.5 Å². The molecule has 0 bridgehead atoms. The molecule has 3 nitrogen and oxygen atoms in total. The van der Waals surface area contributed by atoms with Crippen LogP contribution in [-0.4, -0.2) is 30.4 Å². The molecule has 0 fully saturated rings. The number of likely N-dealkylation sites (N-methyl/N-ethyl adjacent to an activating group) is 1. The number of carbonyl (C=O) groups excluding carboxylic acids is 1. The highest BCUT2D eigenvalue weighted by Crippen LogP contribution is 2.19. The van der Waals surface area contributed by atoms with Crippen molar-refractivity contribution in [2.24, 2.45) is 0 Å². The second-order valence-corrected chi connectivity index (χ2v) is 5.23. The van der Waals surface area contributed by atoms with Gasteiger partial charge in [0, 0.05) is 12.1 Å². The highest BCUT2D eigenvalue weighted by molar-refractivity contribution is 5.93. The first-order chi connectivity index (χ1) is 10.5. The summed E-state index contributed by atoms with van der Waals surface area (Å²) in [5, 5.41) is 3.00. The summed E-state index contributed by atoms with van der Waals surface area (Å²) in [6.07, 6.45) is 6.91. The van der Waals surface area contributed by atoms with Gasteiger partial charge in [0.2, 0.25) is 5.91 Å². The van der Waals surface area contributed by atoms with E-state index in [0.717, 1.165) is 42.7 Å². The molecule has 0 aromatic heterocycles. The summed E-state index contributed by atoms with van der Waals surface area (Å²) < 4.78 is 0. The van der Waals surface area contributed by atoms with Gasteiger partial charge in [0.15, 0.2) is 0 Å². The van der Waals surface area contributed by atoms with Gasteiger partial charge in [0.25, 0.3) is 0 Å². The largest absolute Gasteiger partial charge is 0.324 e. The maximum absolute atomic E-state index is 11.9. The standard InChI is InChI=1S/C14H22N2O.C5H8/c1-5-16(6-2)10-13(17)15-14-11(3)8-7-9-12(14)4;1-3-5-4-2/h7-9H,5-6,10H2,1-4H3,(H,15,17);1H,4-5H2,2H3. The van der Waals surface area contributed by atoms with E-state index >= 15 is 0 Å². The molecule has 0 atom stereocenters. The number of carbonyl (C=O) groups is 1. The number of hydrogen-bond donors (Lipinski definition) is 1. The van der Waals surface area contributed by atoms with Crippen molar-refractivity contribution in [3.8, 4) is 12.3 Å². The predicted octanol–water partition coefficient (Wildman–Crippen LogP) is 4.00. The molecule has 122 valence electrons. The predicted molar refractivity (Wildman–Crippen MR) is 96.1 cm³/mol. The zero-order chi connectivity index (χ0) is 17.0. The molecule has 0 aliphatic heterocycles. The highest BCUT2D eigenvalue weighted by atomic mass is 16.2. The van der Waals surface area contributed by atoms with Crippen molar-refractivity contribution in [2.75, 3.05) is 25.0 Å². The van der Waals surface area contributed by atoms with Crippen LogP contribution in [0.15, 0.2) is 18.2 Å². The Morgan fingerprint density at radius 2 is 1.73 bits per heavy atom. The van der Waals surface area contributed by atoms with Gasteiger partial charge in [-0.05, 0) is 44.5 Å². The molecular formula is C19H30N2O. The number of nitrogens with zero attached hydrogens (tertiary/aromatic N) is 1. The smallest absolute Gasteiger partial charge is 0.238 e. The lowest BCUT2D eigenvalue weighted by molar-refractivity contribution is -0.117. The van der Waals surface area contributed by atoms with E-state index in [9.17, 15) is 4.79 Å². The van der Waals surface area contributed by atoms with Crippen LogP contribution in [0.1, 0.15) is 44.7 Å². The number of aryl methyl sites for hydroxylation is 2. The summed E-state index contributed by atoms with van der Waals surface area (Å²) in [4.78, 5) is 14.0. The summed E-state index contributed by atoms with van der Waals surface area (Å²) in [6, 6.07) is 6.03. The van der Waals surface area contributed by atoms with Crippen LogP contribution >= 0.6 is 0 Å². The SMILES string of the molecule is C#CCCC.CCN(CC)CC(=O)Nc1c(C)cccc1C. The number of anilines is 1. The lowest BCUT2D eigenvalue weighted by Crippen LogP contribution is -2.33. The second kappa shape index (κ2) is 11.8. The maximum Gasteiger partial charge on any atom is 0.238 e. The van der Waals surface area contributed by atoms with Gasteiger partial charge in [0.1, 0.15) is 0 Å². The molecule has 0 heterocycles. The number of para-hydroxylation sites is 1. The number of terminal acetylenes is 1. The zero-order valence-corrected chi connectivity index (χ0v) is 14.7. The van der Waals surface area contributed by atoms with Gasteiger partial charge >= 0.3 is 0 Å². The average Bonchev–Trinajstić information content (AvgIpc) is 2.50. The lowest BCUT2D eigenvalue weighted by Gasteiger charge is -2.18. The first-order valence-electron chi connectivity index (χ1n) is 8.01. The number of rotatable bonds is 6. The molecule has 0 radical (unpaired) electrons. The van der Waals surface area contributed by atoms with Crippen LogP contribution in [0.4, 0.5) is 5.69 Å². The molecular weight excluding hydrogens is 272 g/mol. The number of hydrogen-bond acceptors (Lipinski definition) is 2. The van der Waals surface area contributed by atoms with Crippen LogP contribution in [-0.2, 0) is 4.79 Å². The second-order valence-electron chi connectivity index (χ2n) is 5.23. The third kappa shape index (κ3) is 7.85. The van der Waals surface area contributed by atoms with Gasteiger partial charge in [-0.1, -0.05) is 39.0 Å². The fraction of sp³-hybridized carbons (Fsp3) is 0.526. The molecule has 0 saturated heterocycles. The number of amides is 1. The van der Waals surface area contributed by atoms with Crippen molar-refractivity contribution >= 4 is 11.6 Å². The fourth-order valence-corrected chi connectivity index (χ4v) is 1.99. The fourth-order valence-electron chi connectivity index (χ4n) is 1.99. The summed E-state index contributed by atoms with van der Waals surface area (Å²) in [6.45, 7) is 12.5. The zero-order valence-electron chi connectivity index (χ0n) is 14.7. The van der Waals surface area contributed by atoms with Gasteiger partial charge in [-0.3, -0.25) is 9.69 Å². The number of nitrogens with one attached hydrogen (secondary N) is 1. The van der Waals surface area contributed by atoms with Crippen molar-refractivity contribution in [1.29, 1.82) is 0 Å². The Morgan fingerprint density at radius 3 is 2.09 bits per heavy atom. The Labute approximate surface area is 136 Å². The highest BCUT2D eigenvalue weighted by Gasteiger charge is 2.09. The first kappa shape index (κ1) is 20.2. The van der Waals surface area contributed by atoms with E-state index in [1.54, 1.807) is 0 Å². The van der Waals surface area contributed by atoms with E-state index in [4.69, 9.17) is 6.42 Å². The van der Waals surface area contributed by atoms with Crippen LogP contribution < -0.4 is 5.32 Å². The van der Waals surface area contributed by atoms with Crippen LogP contribution in [0.5, 0.6) is 0 Å². The van der Waals surface area contributed by atoms with E-state index in [0.29, 0.717) is 6.54 Å². The molecule has 1 aromatic rings. The van der Waals surface area contributed by atoms with Gasteiger partial charge in [-0.2, -0.15) is 0 Å². The Morgan fingerprint density at radius 1 is 1.18 bits per heavy atom. The molecule has 0 saturated carbocycles. The monoisotopic (exact) mass is 302 g/mol. The van der Waals surface area contributed by atoms with E-state index in [1.807, 2.05) is 32.0 Å². The molecule has 0 spiro atoms. The quantitative estimate of drug-likeness (QED) is 0.805. The molecule has 1 aromatic carbocycles. The van der Waals surface area contributed by atoms with Crippen molar-refractivity contribution in [1.82, 2.24) is 4.90 Å². The van der Waals surface area contributed by atoms with Gasteiger partial charge < -0.3 is 5.32 Å². The number of unbranched alkanes of at least 4 members (excludes halogenated alkanes) is 1. The minimum absolute atomic E-state index is 0.0612. The van der Waals surface area contributed by atoms with Gasteiger partial charge in [-0.25, -0.2) is 0 Å². The topological polar surface area (TPSA) is 32.3 Å². The average molecular weight is 302 g/mol. The Hall–Kier alpha value is -1.79. The van der Waals surface area contributed by atoms with Crippen LogP contribution in [0.25, 0.3) is 0 Å². The third-order valence-electron chi connectivity index (χ3n) is 3.40. The van der Waals surface area contributed by atoms with Gasteiger partial charge in [0.05, 0.1) is 6.54 Å². The summed E-state index contributed by atoms with van der Waals surface area (Å²) >= 11 is 0. The molecule has 3 heteroatoms. The molecule has 0 unspecified atom stereocenters. The summed E-state index contributed by atoms with van der Waals surface area (Å²) in [5.74, 6) is 2.58. The van der Waals surface area contributed by atoms with E-state index in [-0.39, 0.29) is 5.91 Å².